The molecule has 1 heterocycles. The Hall–Kier alpha value is -2.00. The number of aromatic amines is 1. The van der Waals surface area contributed by atoms with Gasteiger partial charge in [0, 0.05) is 16.8 Å². The fourth-order valence-electron chi connectivity index (χ4n) is 2.75. The first-order valence-corrected chi connectivity index (χ1v) is 7.57. The van der Waals surface area contributed by atoms with Crippen LogP contribution < -0.4 is 0 Å². The molecule has 106 valence electrons. The summed E-state index contributed by atoms with van der Waals surface area (Å²) in [5.74, 6) is 1.22. The average Bonchev–Trinajstić information content (AvgIpc) is 2.45. The molecule has 1 N–H and O–H groups in total. The van der Waals surface area contributed by atoms with Crippen LogP contribution in [0.1, 0.15) is 31.0 Å². The highest BCUT2D eigenvalue weighted by molar-refractivity contribution is 7.71. The Morgan fingerprint density at radius 2 is 1.76 bits per heavy atom. The van der Waals surface area contributed by atoms with Gasteiger partial charge in [-0.3, -0.25) is 0 Å². The minimum atomic E-state index is 0.381. The molecule has 0 unspecified atom stereocenters. The number of fused-ring (bicyclic) bond motifs is 1. The lowest BCUT2D eigenvalue weighted by Crippen LogP contribution is -2.01. The first kappa shape index (κ1) is 14.0. The predicted octanol–water partition coefficient (Wildman–Crippen LogP) is 5.39. The summed E-state index contributed by atoms with van der Waals surface area (Å²) in [6.07, 6.45) is 0. The van der Waals surface area contributed by atoms with Gasteiger partial charge in [0.05, 0.1) is 0 Å². The second kappa shape index (κ2) is 5.41. The first-order valence-electron chi connectivity index (χ1n) is 7.16. The maximum absolute atomic E-state index is 5.47. The molecule has 2 nitrogen and oxygen atoms in total. The Bertz CT molecular complexity index is 862. The quantitative estimate of drug-likeness (QED) is 0.642. The molecule has 3 heteroatoms. The summed E-state index contributed by atoms with van der Waals surface area (Å²) in [4.78, 5) is 7.99. The minimum Gasteiger partial charge on any atom is -0.343 e. The molecule has 0 amide bonds. The van der Waals surface area contributed by atoms with Gasteiger partial charge in [-0.1, -0.05) is 62.5 Å². The topological polar surface area (TPSA) is 28.7 Å². The third-order valence-corrected chi connectivity index (χ3v) is 4.07. The van der Waals surface area contributed by atoms with E-state index in [4.69, 9.17) is 12.2 Å². The molecule has 3 rings (SSSR count). The van der Waals surface area contributed by atoms with Crippen molar-refractivity contribution in [2.75, 3.05) is 0 Å². The summed E-state index contributed by atoms with van der Waals surface area (Å²) >= 11 is 5.47. The Labute approximate surface area is 129 Å². The van der Waals surface area contributed by atoms with Crippen LogP contribution in [0.3, 0.4) is 0 Å². The van der Waals surface area contributed by atoms with Crippen LogP contribution in [0.25, 0.3) is 22.2 Å². The molecular weight excluding hydrogens is 276 g/mol. The van der Waals surface area contributed by atoms with E-state index in [0.29, 0.717) is 10.6 Å². The Balaban J connectivity index is 2.17. The molecule has 0 radical (unpaired) electrons. The van der Waals surface area contributed by atoms with E-state index < -0.39 is 0 Å². The van der Waals surface area contributed by atoms with Crippen LogP contribution in [0.4, 0.5) is 0 Å². The van der Waals surface area contributed by atoms with Crippen molar-refractivity contribution >= 4 is 23.0 Å². The van der Waals surface area contributed by atoms with Crippen LogP contribution >= 0.6 is 12.2 Å². The van der Waals surface area contributed by atoms with E-state index in [-0.39, 0.29) is 0 Å². The molecule has 1 aromatic heterocycles. The van der Waals surface area contributed by atoms with Crippen molar-refractivity contribution in [1.29, 1.82) is 0 Å². The fraction of sp³-hybridized carbons (Fsp3) is 0.222. The first-order chi connectivity index (χ1) is 10.1. The highest BCUT2D eigenvalue weighted by atomic mass is 32.1. The lowest BCUT2D eigenvalue weighted by Gasteiger charge is -2.12. The van der Waals surface area contributed by atoms with Gasteiger partial charge in [0.25, 0.3) is 0 Å². The van der Waals surface area contributed by atoms with Crippen LogP contribution in [-0.4, -0.2) is 9.97 Å². The molecule has 0 saturated carbocycles. The average molecular weight is 294 g/mol. The summed E-state index contributed by atoms with van der Waals surface area (Å²) in [5, 5.41) is 2.44. The van der Waals surface area contributed by atoms with Gasteiger partial charge in [0.2, 0.25) is 0 Å². The van der Waals surface area contributed by atoms with Crippen LogP contribution in [-0.2, 0) is 0 Å². The zero-order chi connectivity index (χ0) is 15.0. The van der Waals surface area contributed by atoms with E-state index >= 15 is 0 Å². The van der Waals surface area contributed by atoms with E-state index in [1.165, 1.54) is 10.8 Å². The van der Waals surface area contributed by atoms with E-state index in [1.54, 1.807) is 0 Å². The van der Waals surface area contributed by atoms with Crippen molar-refractivity contribution in [3.63, 3.8) is 0 Å². The molecule has 2 aromatic carbocycles. The molecule has 0 aliphatic carbocycles. The van der Waals surface area contributed by atoms with Crippen molar-refractivity contribution in [3.05, 3.63) is 58.4 Å². The number of hydrogen-bond acceptors (Lipinski definition) is 2. The molecule has 0 aliphatic heterocycles. The summed E-state index contributed by atoms with van der Waals surface area (Å²) in [7, 11) is 0. The summed E-state index contributed by atoms with van der Waals surface area (Å²) in [5.41, 5.74) is 3.31. The number of aryl methyl sites for hydroxylation is 1. The van der Waals surface area contributed by atoms with Crippen molar-refractivity contribution in [2.24, 2.45) is 0 Å². The number of H-pyrrole nitrogens is 1. The van der Waals surface area contributed by atoms with Crippen LogP contribution in [0.2, 0.25) is 0 Å². The van der Waals surface area contributed by atoms with Gasteiger partial charge < -0.3 is 4.98 Å². The van der Waals surface area contributed by atoms with Gasteiger partial charge in [-0.15, -0.1) is 0 Å². The van der Waals surface area contributed by atoms with Gasteiger partial charge in [0.15, 0.2) is 0 Å². The second-order valence-electron chi connectivity index (χ2n) is 5.65. The summed E-state index contributed by atoms with van der Waals surface area (Å²) in [6.45, 7) is 6.35. The molecule has 3 aromatic rings. The van der Waals surface area contributed by atoms with E-state index in [1.807, 2.05) is 0 Å². The maximum Gasteiger partial charge on any atom is 0.139 e. The Morgan fingerprint density at radius 1 is 1.05 bits per heavy atom. The van der Waals surface area contributed by atoms with Gasteiger partial charge in [-0.25, -0.2) is 4.98 Å². The smallest absolute Gasteiger partial charge is 0.139 e. The Morgan fingerprint density at radius 3 is 2.43 bits per heavy atom. The molecule has 0 bridgehead atoms. The highest BCUT2D eigenvalue weighted by Gasteiger charge is 2.10. The predicted molar refractivity (Wildman–Crippen MR) is 91.2 cm³/mol. The van der Waals surface area contributed by atoms with Crippen LogP contribution in [0, 0.1) is 11.6 Å². The molecule has 0 fully saturated rings. The van der Waals surface area contributed by atoms with Crippen LogP contribution in [0.5, 0.6) is 0 Å². The third-order valence-electron chi connectivity index (χ3n) is 3.75. The number of rotatable bonds is 2. The molecule has 21 heavy (non-hydrogen) atoms. The largest absolute Gasteiger partial charge is 0.343 e. The van der Waals surface area contributed by atoms with Crippen molar-refractivity contribution in [1.82, 2.24) is 9.97 Å². The molecule has 0 saturated heterocycles. The highest BCUT2D eigenvalue weighted by Crippen LogP contribution is 2.25. The van der Waals surface area contributed by atoms with Crippen molar-refractivity contribution < 1.29 is 0 Å². The normalized spacial score (nSPS) is 11.2. The van der Waals surface area contributed by atoms with Crippen molar-refractivity contribution in [3.8, 4) is 11.4 Å². The molecule has 0 atom stereocenters. The monoisotopic (exact) mass is 294 g/mol. The standard InChI is InChI=1S/C18H18N2S/c1-11(2)16-12(3)19-17(20-18(16)21)15-9-8-13-6-4-5-7-14(13)10-15/h4-11H,1-3H3,(H,19,20,21). The van der Waals surface area contributed by atoms with Gasteiger partial charge in [0.1, 0.15) is 10.5 Å². The number of hydrogen-bond donors (Lipinski definition) is 1. The van der Waals surface area contributed by atoms with E-state index in [2.05, 4.69) is 73.2 Å². The molecule has 0 aliphatic rings. The van der Waals surface area contributed by atoms with Gasteiger partial charge in [-0.2, -0.15) is 0 Å². The molecular formula is C18H18N2S. The van der Waals surface area contributed by atoms with Crippen LogP contribution in [0.15, 0.2) is 42.5 Å². The maximum atomic E-state index is 5.47. The van der Waals surface area contributed by atoms with Gasteiger partial charge in [-0.05, 0) is 29.7 Å². The van der Waals surface area contributed by atoms with Crippen molar-refractivity contribution in [2.45, 2.75) is 26.7 Å². The fourth-order valence-corrected chi connectivity index (χ4v) is 3.23. The minimum absolute atomic E-state index is 0.381. The third kappa shape index (κ3) is 2.61. The number of nitrogens with one attached hydrogen (secondary N) is 1. The lowest BCUT2D eigenvalue weighted by molar-refractivity contribution is 0.825. The zero-order valence-corrected chi connectivity index (χ0v) is 13.3. The van der Waals surface area contributed by atoms with Gasteiger partial charge >= 0.3 is 0 Å². The SMILES string of the molecule is Cc1[nH]c(-c2ccc3ccccc3c2)nc(=S)c1C(C)C. The number of nitrogens with zero attached hydrogens (tertiary/aromatic N) is 1. The summed E-state index contributed by atoms with van der Waals surface area (Å²) < 4.78 is 0.699. The number of benzene rings is 2. The Kier molecular flexibility index (Phi) is 3.60. The summed E-state index contributed by atoms with van der Waals surface area (Å²) in [6, 6.07) is 14.7. The molecule has 0 spiro atoms. The number of aromatic nitrogens is 2. The lowest BCUT2D eigenvalue weighted by atomic mass is 10.0. The zero-order valence-electron chi connectivity index (χ0n) is 12.5. The van der Waals surface area contributed by atoms with E-state index in [9.17, 15) is 0 Å². The second-order valence-corrected chi connectivity index (χ2v) is 6.03. The van der Waals surface area contributed by atoms with E-state index in [0.717, 1.165) is 22.6 Å².